The van der Waals surface area contributed by atoms with E-state index < -0.39 is 17.5 Å². The highest BCUT2D eigenvalue weighted by molar-refractivity contribution is 6.31. The molecule has 2 aromatic rings. The molecule has 2 aromatic carbocycles. The molecule has 0 bridgehead atoms. The van der Waals surface area contributed by atoms with Gasteiger partial charge in [-0.25, -0.2) is 8.78 Å². The third kappa shape index (κ3) is 5.21. The Morgan fingerprint density at radius 2 is 1.83 bits per heavy atom. The Morgan fingerprint density at radius 1 is 1.10 bits per heavy atom. The molecular formula is C20H20ClF2N3O3. The summed E-state index contributed by atoms with van der Waals surface area (Å²) < 4.78 is 32.1. The summed E-state index contributed by atoms with van der Waals surface area (Å²) in [6.45, 7) is 1.77. The highest BCUT2D eigenvalue weighted by Crippen LogP contribution is 2.24. The van der Waals surface area contributed by atoms with Crippen molar-refractivity contribution in [1.29, 1.82) is 0 Å². The monoisotopic (exact) mass is 423 g/mol. The van der Waals surface area contributed by atoms with Crippen LogP contribution in [0.5, 0.6) is 5.75 Å². The average Bonchev–Trinajstić information content (AvgIpc) is 2.70. The Kier molecular flexibility index (Phi) is 6.66. The van der Waals surface area contributed by atoms with Gasteiger partial charge in [0.2, 0.25) is 5.91 Å². The number of hydrogen-bond donors (Lipinski definition) is 1. The van der Waals surface area contributed by atoms with E-state index in [-0.39, 0.29) is 18.1 Å². The topological polar surface area (TPSA) is 61.9 Å². The number of carbonyl (C=O) groups excluding carboxylic acids is 2. The van der Waals surface area contributed by atoms with E-state index in [1.807, 2.05) is 4.90 Å². The van der Waals surface area contributed by atoms with Crippen LogP contribution in [0.2, 0.25) is 5.02 Å². The number of amides is 2. The lowest BCUT2D eigenvalue weighted by atomic mass is 10.1. The Labute approximate surface area is 172 Å². The normalized spacial score (nSPS) is 14.6. The van der Waals surface area contributed by atoms with Crippen molar-refractivity contribution >= 4 is 29.1 Å². The number of anilines is 1. The fourth-order valence-electron chi connectivity index (χ4n) is 3.11. The van der Waals surface area contributed by atoms with Crippen LogP contribution >= 0.6 is 11.6 Å². The van der Waals surface area contributed by atoms with Gasteiger partial charge >= 0.3 is 0 Å². The van der Waals surface area contributed by atoms with E-state index in [1.54, 1.807) is 23.1 Å². The minimum atomic E-state index is -0.703. The number of ether oxygens (including phenoxy) is 1. The lowest BCUT2D eigenvalue weighted by Crippen LogP contribution is -2.50. The van der Waals surface area contributed by atoms with Gasteiger partial charge in [0.05, 0.1) is 24.9 Å². The Bertz CT molecular complexity index is 918. The third-order valence-corrected chi connectivity index (χ3v) is 4.86. The summed E-state index contributed by atoms with van der Waals surface area (Å²) in [6, 6.07) is 7.73. The van der Waals surface area contributed by atoms with Crippen molar-refractivity contribution in [3.8, 4) is 5.75 Å². The summed E-state index contributed by atoms with van der Waals surface area (Å²) in [5, 5.41) is 2.81. The van der Waals surface area contributed by atoms with Crippen LogP contribution in [0.1, 0.15) is 10.4 Å². The zero-order chi connectivity index (χ0) is 21.0. The molecule has 0 aliphatic carbocycles. The predicted molar refractivity (Wildman–Crippen MR) is 105 cm³/mol. The fourth-order valence-corrected chi connectivity index (χ4v) is 3.28. The molecule has 3 rings (SSSR count). The second kappa shape index (κ2) is 9.19. The molecule has 1 saturated heterocycles. The van der Waals surface area contributed by atoms with Crippen molar-refractivity contribution in [2.24, 2.45) is 0 Å². The highest BCUT2D eigenvalue weighted by atomic mass is 35.5. The maximum atomic E-state index is 13.6. The van der Waals surface area contributed by atoms with Gasteiger partial charge in [-0.15, -0.1) is 0 Å². The van der Waals surface area contributed by atoms with Gasteiger partial charge in [-0.2, -0.15) is 0 Å². The molecule has 1 N–H and O–H groups in total. The molecule has 9 heteroatoms. The van der Waals surface area contributed by atoms with Gasteiger partial charge in [0.15, 0.2) is 0 Å². The molecule has 1 aliphatic rings. The first-order valence-corrected chi connectivity index (χ1v) is 9.35. The zero-order valence-corrected chi connectivity index (χ0v) is 16.5. The minimum absolute atomic E-state index is 0.0124. The van der Waals surface area contributed by atoms with E-state index in [1.165, 1.54) is 7.11 Å². The molecule has 1 aliphatic heterocycles. The summed E-state index contributed by atoms with van der Waals surface area (Å²) in [7, 11) is 1.48. The van der Waals surface area contributed by atoms with Crippen LogP contribution in [0.15, 0.2) is 36.4 Å². The number of carbonyl (C=O) groups is 2. The van der Waals surface area contributed by atoms with Crippen molar-refractivity contribution in [1.82, 2.24) is 9.80 Å². The Morgan fingerprint density at radius 3 is 2.52 bits per heavy atom. The molecule has 2 amide bonds. The van der Waals surface area contributed by atoms with Crippen LogP contribution in [0.4, 0.5) is 14.5 Å². The van der Waals surface area contributed by atoms with E-state index in [0.29, 0.717) is 42.5 Å². The number of methoxy groups -OCH3 is 1. The first-order valence-electron chi connectivity index (χ1n) is 8.97. The van der Waals surface area contributed by atoms with Crippen LogP contribution in [-0.4, -0.2) is 61.4 Å². The molecular weight excluding hydrogens is 404 g/mol. The number of nitrogens with one attached hydrogen (secondary N) is 1. The van der Waals surface area contributed by atoms with E-state index >= 15 is 0 Å². The number of hydrogen-bond acceptors (Lipinski definition) is 4. The molecule has 154 valence electrons. The molecule has 29 heavy (non-hydrogen) atoms. The van der Waals surface area contributed by atoms with Crippen LogP contribution in [0.25, 0.3) is 0 Å². The lowest BCUT2D eigenvalue weighted by Gasteiger charge is -2.34. The maximum absolute atomic E-state index is 13.6. The van der Waals surface area contributed by atoms with E-state index in [4.69, 9.17) is 16.3 Å². The van der Waals surface area contributed by atoms with Gasteiger partial charge in [0.1, 0.15) is 17.4 Å². The standard InChI is InChI=1S/C20H20ClF2N3O3/c1-29-18-5-2-13(21)10-15(18)20(28)26-8-6-25(7-9-26)12-19(27)24-17-11-14(22)3-4-16(17)23/h2-5,10-11H,6-9,12H2,1H3,(H,24,27). The summed E-state index contributed by atoms with van der Waals surface area (Å²) in [5.41, 5.74) is 0.185. The summed E-state index contributed by atoms with van der Waals surface area (Å²) >= 11 is 6.00. The van der Waals surface area contributed by atoms with E-state index in [9.17, 15) is 18.4 Å². The zero-order valence-electron chi connectivity index (χ0n) is 15.8. The average molecular weight is 424 g/mol. The number of benzene rings is 2. The predicted octanol–water partition coefficient (Wildman–Crippen LogP) is 3.02. The van der Waals surface area contributed by atoms with Crippen molar-refractivity contribution in [2.75, 3.05) is 45.2 Å². The number of rotatable bonds is 5. The van der Waals surface area contributed by atoms with Crippen molar-refractivity contribution < 1.29 is 23.1 Å². The van der Waals surface area contributed by atoms with Crippen LogP contribution in [0.3, 0.4) is 0 Å². The highest BCUT2D eigenvalue weighted by Gasteiger charge is 2.25. The first kappa shape index (κ1) is 21.0. The van der Waals surface area contributed by atoms with Crippen LogP contribution < -0.4 is 10.1 Å². The summed E-state index contributed by atoms with van der Waals surface area (Å²) in [5.74, 6) is -1.55. The first-order chi connectivity index (χ1) is 13.9. The summed E-state index contributed by atoms with van der Waals surface area (Å²) in [6.07, 6.45) is 0. The van der Waals surface area contributed by atoms with Crippen molar-refractivity contribution in [2.45, 2.75) is 0 Å². The summed E-state index contributed by atoms with van der Waals surface area (Å²) in [4.78, 5) is 28.4. The molecule has 0 spiro atoms. The smallest absolute Gasteiger partial charge is 0.257 e. The van der Waals surface area contributed by atoms with E-state index in [0.717, 1.165) is 18.2 Å². The minimum Gasteiger partial charge on any atom is -0.496 e. The number of halogens is 3. The maximum Gasteiger partial charge on any atom is 0.257 e. The van der Waals surface area contributed by atoms with Crippen molar-refractivity contribution in [3.05, 3.63) is 58.6 Å². The number of nitrogens with zero attached hydrogens (tertiary/aromatic N) is 2. The Hall–Kier alpha value is -2.71. The second-order valence-electron chi connectivity index (χ2n) is 6.59. The van der Waals surface area contributed by atoms with Crippen LogP contribution in [0, 0.1) is 11.6 Å². The third-order valence-electron chi connectivity index (χ3n) is 4.62. The SMILES string of the molecule is COc1ccc(Cl)cc1C(=O)N1CCN(CC(=O)Nc2cc(F)ccc2F)CC1. The van der Waals surface area contributed by atoms with Gasteiger partial charge in [-0.3, -0.25) is 14.5 Å². The van der Waals surface area contributed by atoms with Gasteiger partial charge in [-0.1, -0.05) is 11.6 Å². The fraction of sp³-hybridized carbons (Fsp3) is 0.300. The van der Waals surface area contributed by atoms with E-state index in [2.05, 4.69) is 5.32 Å². The largest absolute Gasteiger partial charge is 0.496 e. The van der Waals surface area contributed by atoms with Gasteiger partial charge < -0.3 is 15.0 Å². The van der Waals surface area contributed by atoms with Gasteiger partial charge in [0, 0.05) is 37.3 Å². The molecule has 6 nitrogen and oxygen atoms in total. The molecule has 1 fully saturated rings. The molecule has 0 unspecified atom stereocenters. The Balaban J connectivity index is 1.55. The molecule has 1 heterocycles. The quantitative estimate of drug-likeness (QED) is 0.803. The molecule has 0 radical (unpaired) electrons. The molecule has 0 atom stereocenters. The lowest BCUT2D eigenvalue weighted by molar-refractivity contribution is -0.117. The molecule has 0 saturated carbocycles. The van der Waals surface area contributed by atoms with Gasteiger partial charge in [0.25, 0.3) is 5.91 Å². The number of piperazine rings is 1. The van der Waals surface area contributed by atoms with Crippen molar-refractivity contribution in [3.63, 3.8) is 0 Å². The molecule has 0 aromatic heterocycles. The van der Waals surface area contributed by atoms with Gasteiger partial charge in [-0.05, 0) is 30.3 Å². The second-order valence-corrected chi connectivity index (χ2v) is 7.02. The van der Waals surface area contributed by atoms with Crippen LogP contribution in [-0.2, 0) is 4.79 Å².